The Morgan fingerprint density at radius 2 is 2.21 bits per heavy atom. The molecular weight excluding hydrogens is 258 g/mol. The van der Waals surface area contributed by atoms with Gasteiger partial charge in [0.05, 0.1) is 11.8 Å². The second-order valence-corrected chi connectivity index (χ2v) is 5.97. The molecule has 0 spiro atoms. The monoisotopic (exact) mass is 271 g/mol. The zero-order valence-corrected chi connectivity index (χ0v) is 11.1. The van der Waals surface area contributed by atoms with E-state index in [1.165, 1.54) is 4.88 Å². The topological polar surface area (TPSA) is 46.3 Å². The number of para-hydroxylation sites is 1. The predicted octanol–water partition coefficient (Wildman–Crippen LogP) is 3.93. The van der Waals surface area contributed by atoms with Gasteiger partial charge in [0, 0.05) is 10.3 Å². The number of aryl methyl sites for hydroxylation is 1. The third-order valence-electron chi connectivity index (χ3n) is 3.56. The SMILES string of the molecule is OC1CCCc2sc(-c3cc4ccccc4o3)nc21. The van der Waals surface area contributed by atoms with Crippen LogP contribution < -0.4 is 0 Å². The Kier molecular flexibility index (Phi) is 2.47. The van der Waals surface area contributed by atoms with Gasteiger partial charge in [0.1, 0.15) is 5.58 Å². The lowest BCUT2D eigenvalue weighted by molar-refractivity contribution is 0.153. The second-order valence-electron chi connectivity index (χ2n) is 4.88. The zero-order chi connectivity index (χ0) is 12.8. The smallest absolute Gasteiger partial charge is 0.164 e. The maximum atomic E-state index is 9.97. The highest BCUT2D eigenvalue weighted by atomic mass is 32.1. The fourth-order valence-electron chi connectivity index (χ4n) is 2.59. The molecule has 1 unspecified atom stereocenters. The molecule has 96 valence electrons. The summed E-state index contributed by atoms with van der Waals surface area (Å²) in [5, 5.41) is 11.9. The number of nitrogens with zero attached hydrogens (tertiary/aromatic N) is 1. The van der Waals surface area contributed by atoms with Crippen LogP contribution in [0.15, 0.2) is 34.7 Å². The van der Waals surface area contributed by atoms with Gasteiger partial charge < -0.3 is 9.52 Å². The Morgan fingerprint density at radius 3 is 3.05 bits per heavy atom. The number of hydrogen-bond acceptors (Lipinski definition) is 4. The number of aromatic nitrogens is 1. The van der Waals surface area contributed by atoms with Gasteiger partial charge in [0.25, 0.3) is 0 Å². The van der Waals surface area contributed by atoms with Crippen molar-refractivity contribution in [2.24, 2.45) is 0 Å². The summed E-state index contributed by atoms with van der Waals surface area (Å²) in [6.45, 7) is 0. The first-order valence-corrected chi connectivity index (χ1v) is 7.29. The lowest BCUT2D eigenvalue weighted by Gasteiger charge is -2.14. The Balaban J connectivity index is 1.83. The van der Waals surface area contributed by atoms with Crippen LogP contribution >= 0.6 is 11.3 Å². The van der Waals surface area contributed by atoms with Crippen molar-refractivity contribution in [2.45, 2.75) is 25.4 Å². The van der Waals surface area contributed by atoms with Crippen LogP contribution in [0.5, 0.6) is 0 Å². The van der Waals surface area contributed by atoms with Gasteiger partial charge >= 0.3 is 0 Å². The Bertz CT molecular complexity index is 711. The number of furan rings is 1. The third-order valence-corrected chi connectivity index (χ3v) is 4.71. The number of benzene rings is 1. The maximum Gasteiger partial charge on any atom is 0.164 e. The van der Waals surface area contributed by atoms with Gasteiger partial charge in [-0.25, -0.2) is 4.98 Å². The average Bonchev–Trinajstić information content (AvgIpc) is 3.02. The minimum Gasteiger partial charge on any atom is -0.454 e. The molecule has 0 saturated heterocycles. The molecule has 1 aliphatic rings. The molecule has 0 radical (unpaired) electrons. The number of aliphatic hydroxyl groups excluding tert-OH is 1. The molecule has 0 aliphatic heterocycles. The predicted molar refractivity (Wildman–Crippen MR) is 75.2 cm³/mol. The highest BCUT2D eigenvalue weighted by molar-refractivity contribution is 7.15. The van der Waals surface area contributed by atoms with Crippen LogP contribution in [-0.2, 0) is 6.42 Å². The van der Waals surface area contributed by atoms with Crippen LogP contribution in [0.25, 0.3) is 21.7 Å². The number of rotatable bonds is 1. The summed E-state index contributed by atoms with van der Waals surface area (Å²) in [4.78, 5) is 5.78. The summed E-state index contributed by atoms with van der Waals surface area (Å²) in [5.41, 5.74) is 1.73. The van der Waals surface area contributed by atoms with Gasteiger partial charge in [-0.3, -0.25) is 0 Å². The van der Waals surface area contributed by atoms with Crippen molar-refractivity contribution in [3.8, 4) is 10.8 Å². The van der Waals surface area contributed by atoms with Gasteiger partial charge in [0.2, 0.25) is 0 Å². The summed E-state index contributed by atoms with van der Waals surface area (Å²) >= 11 is 1.64. The molecule has 2 heterocycles. The summed E-state index contributed by atoms with van der Waals surface area (Å²) in [7, 11) is 0. The van der Waals surface area contributed by atoms with E-state index in [9.17, 15) is 5.11 Å². The highest BCUT2D eigenvalue weighted by Crippen LogP contribution is 2.38. The van der Waals surface area contributed by atoms with E-state index in [0.717, 1.165) is 46.7 Å². The van der Waals surface area contributed by atoms with E-state index in [2.05, 4.69) is 4.98 Å². The van der Waals surface area contributed by atoms with Gasteiger partial charge in [-0.05, 0) is 31.4 Å². The van der Waals surface area contributed by atoms with Crippen molar-refractivity contribution in [3.63, 3.8) is 0 Å². The van der Waals surface area contributed by atoms with Crippen molar-refractivity contribution >= 4 is 22.3 Å². The van der Waals surface area contributed by atoms with Crippen molar-refractivity contribution in [3.05, 3.63) is 40.9 Å². The lowest BCUT2D eigenvalue weighted by Crippen LogP contribution is -2.07. The fraction of sp³-hybridized carbons (Fsp3) is 0.267. The fourth-order valence-corrected chi connectivity index (χ4v) is 3.70. The molecule has 1 aliphatic carbocycles. The minimum atomic E-state index is -0.405. The number of hydrogen-bond donors (Lipinski definition) is 1. The Morgan fingerprint density at radius 1 is 1.32 bits per heavy atom. The normalized spacial score (nSPS) is 18.7. The molecule has 0 amide bonds. The average molecular weight is 271 g/mol. The molecule has 3 nitrogen and oxygen atoms in total. The van der Waals surface area contributed by atoms with Crippen LogP contribution in [0.2, 0.25) is 0 Å². The molecule has 4 heteroatoms. The van der Waals surface area contributed by atoms with E-state index in [-0.39, 0.29) is 0 Å². The second kappa shape index (κ2) is 4.18. The number of aliphatic hydroxyl groups is 1. The van der Waals surface area contributed by atoms with Crippen molar-refractivity contribution in [1.82, 2.24) is 4.98 Å². The summed E-state index contributed by atoms with van der Waals surface area (Å²) in [6.07, 6.45) is 2.47. The van der Waals surface area contributed by atoms with E-state index in [0.29, 0.717) is 0 Å². The molecule has 2 aromatic heterocycles. The lowest BCUT2D eigenvalue weighted by atomic mass is 10.0. The van der Waals surface area contributed by atoms with E-state index in [1.54, 1.807) is 11.3 Å². The number of thiazole rings is 1. The van der Waals surface area contributed by atoms with Crippen LogP contribution in [-0.4, -0.2) is 10.1 Å². The Labute approximate surface area is 114 Å². The van der Waals surface area contributed by atoms with E-state index in [4.69, 9.17) is 4.42 Å². The molecular formula is C15H13NO2S. The van der Waals surface area contributed by atoms with E-state index in [1.807, 2.05) is 30.3 Å². The van der Waals surface area contributed by atoms with E-state index < -0.39 is 6.10 Å². The first-order valence-electron chi connectivity index (χ1n) is 6.48. The molecule has 0 saturated carbocycles. The van der Waals surface area contributed by atoms with Crippen LogP contribution in [0, 0.1) is 0 Å². The largest absolute Gasteiger partial charge is 0.454 e. The molecule has 4 rings (SSSR count). The van der Waals surface area contributed by atoms with Gasteiger partial charge in [0.15, 0.2) is 10.8 Å². The van der Waals surface area contributed by atoms with Gasteiger partial charge in [-0.15, -0.1) is 11.3 Å². The first-order chi connectivity index (χ1) is 9.31. The minimum absolute atomic E-state index is 0.405. The van der Waals surface area contributed by atoms with Crippen molar-refractivity contribution < 1.29 is 9.52 Å². The standard InChI is InChI=1S/C15H13NO2S/c17-10-5-3-7-13-14(10)16-15(19-13)12-8-9-4-1-2-6-11(9)18-12/h1-2,4,6,8,10,17H,3,5,7H2. The summed E-state index contributed by atoms with van der Waals surface area (Å²) in [6, 6.07) is 9.97. The summed E-state index contributed by atoms with van der Waals surface area (Å²) < 4.78 is 5.83. The Hall–Kier alpha value is -1.65. The molecule has 19 heavy (non-hydrogen) atoms. The van der Waals surface area contributed by atoms with Gasteiger partial charge in [-0.2, -0.15) is 0 Å². The van der Waals surface area contributed by atoms with E-state index >= 15 is 0 Å². The van der Waals surface area contributed by atoms with Crippen LogP contribution in [0.1, 0.15) is 29.5 Å². The zero-order valence-electron chi connectivity index (χ0n) is 10.3. The van der Waals surface area contributed by atoms with Crippen molar-refractivity contribution in [2.75, 3.05) is 0 Å². The molecule has 0 fully saturated rings. The van der Waals surface area contributed by atoms with Crippen LogP contribution in [0.3, 0.4) is 0 Å². The molecule has 0 bridgehead atoms. The molecule has 3 aromatic rings. The highest BCUT2D eigenvalue weighted by Gasteiger charge is 2.24. The maximum absolute atomic E-state index is 9.97. The first kappa shape index (κ1) is 11.2. The number of fused-ring (bicyclic) bond motifs is 2. The quantitative estimate of drug-likeness (QED) is 0.729. The van der Waals surface area contributed by atoms with Crippen LogP contribution in [0.4, 0.5) is 0 Å². The summed E-state index contributed by atoms with van der Waals surface area (Å²) in [5.74, 6) is 0.799. The molecule has 1 atom stereocenters. The van der Waals surface area contributed by atoms with Crippen molar-refractivity contribution in [1.29, 1.82) is 0 Å². The van der Waals surface area contributed by atoms with Gasteiger partial charge in [-0.1, -0.05) is 18.2 Å². The molecule has 1 aromatic carbocycles. The third kappa shape index (κ3) is 1.79. The molecule has 1 N–H and O–H groups in total.